The molecule has 1 aliphatic rings. The highest BCUT2D eigenvalue weighted by atomic mass is 79.9. The molecule has 246 valence electrons. The van der Waals surface area contributed by atoms with Crippen LogP contribution in [0.3, 0.4) is 0 Å². The number of ether oxygens (including phenoxy) is 1. The predicted octanol–water partition coefficient (Wildman–Crippen LogP) is 6.49. The number of amides is 2. The summed E-state index contributed by atoms with van der Waals surface area (Å²) in [5, 5.41) is 3.16. The third-order valence-corrected chi connectivity index (χ3v) is 10.6. The Morgan fingerprint density at radius 3 is 2.15 bits per heavy atom. The van der Waals surface area contributed by atoms with E-state index in [4.69, 9.17) is 4.74 Å². The summed E-state index contributed by atoms with van der Waals surface area (Å²) >= 11 is 3.45. The fraction of sp³-hybridized carbons (Fsp3) is 0.278. The molecule has 0 bridgehead atoms. The zero-order valence-corrected chi connectivity index (χ0v) is 28.4. The second kappa shape index (κ2) is 15.6. The van der Waals surface area contributed by atoms with Crippen molar-refractivity contribution in [3.05, 3.63) is 125 Å². The van der Waals surface area contributed by atoms with Crippen LogP contribution in [0.25, 0.3) is 0 Å². The molecule has 0 aromatic heterocycles. The molecule has 1 saturated carbocycles. The average molecular weight is 723 g/mol. The van der Waals surface area contributed by atoms with Gasteiger partial charge in [0.1, 0.15) is 24.2 Å². The number of nitrogens with one attached hydrogen (secondary N) is 1. The molecule has 4 aromatic carbocycles. The summed E-state index contributed by atoms with van der Waals surface area (Å²) in [6.45, 7) is -0.569. The molecule has 0 radical (unpaired) electrons. The van der Waals surface area contributed by atoms with Crippen LogP contribution >= 0.6 is 15.9 Å². The van der Waals surface area contributed by atoms with E-state index in [0.29, 0.717) is 5.75 Å². The molecule has 0 saturated heterocycles. The number of hydrogen-bond acceptors (Lipinski definition) is 5. The van der Waals surface area contributed by atoms with Crippen LogP contribution in [0.15, 0.2) is 112 Å². The van der Waals surface area contributed by atoms with Crippen molar-refractivity contribution in [2.45, 2.75) is 55.6 Å². The Morgan fingerprint density at radius 2 is 1.53 bits per heavy atom. The summed E-state index contributed by atoms with van der Waals surface area (Å²) in [7, 11) is -2.85. The highest BCUT2D eigenvalue weighted by molar-refractivity contribution is 9.10. The molecule has 4 aromatic rings. The van der Waals surface area contributed by atoms with Crippen molar-refractivity contribution in [2.75, 3.05) is 18.0 Å². The van der Waals surface area contributed by atoms with Crippen molar-refractivity contribution >= 4 is 43.5 Å². The topological polar surface area (TPSA) is 96.0 Å². The van der Waals surface area contributed by atoms with Gasteiger partial charge in [0.05, 0.1) is 17.7 Å². The first-order valence-corrected chi connectivity index (χ1v) is 17.7. The van der Waals surface area contributed by atoms with E-state index in [1.54, 1.807) is 0 Å². The standard InChI is InChI=1S/C36H37BrFN3O5S/c1-46-32-19-21-33(22-20-32)47(44,45)41(31-17-15-29(38)16-18-31)25-35(42)40(24-27-11-13-28(37)14-12-27)34(23-26-7-3-2-4-8-26)36(43)39-30-9-5-6-10-30/h2-4,7-8,11-22,30,34H,5-6,9-10,23-25H2,1H3,(H,39,43)/t34-/m0/s1. The second-order valence-electron chi connectivity index (χ2n) is 11.5. The van der Waals surface area contributed by atoms with Crippen molar-refractivity contribution in [2.24, 2.45) is 0 Å². The molecule has 2 amide bonds. The van der Waals surface area contributed by atoms with Crippen molar-refractivity contribution in [3.63, 3.8) is 0 Å². The smallest absolute Gasteiger partial charge is 0.264 e. The lowest BCUT2D eigenvalue weighted by Crippen LogP contribution is -2.54. The first kappa shape index (κ1) is 34.1. The number of carbonyl (C=O) groups is 2. The normalized spacial score (nSPS) is 13.9. The maximum atomic E-state index is 14.6. The molecule has 47 heavy (non-hydrogen) atoms. The molecule has 11 heteroatoms. The van der Waals surface area contributed by atoms with Crippen LogP contribution < -0.4 is 14.4 Å². The van der Waals surface area contributed by atoms with E-state index in [1.807, 2.05) is 54.6 Å². The number of methoxy groups -OCH3 is 1. The van der Waals surface area contributed by atoms with E-state index >= 15 is 0 Å². The summed E-state index contributed by atoms with van der Waals surface area (Å²) < 4.78 is 49.2. The van der Waals surface area contributed by atoms with E-state index < -0.39 is 34.3 Å². The number of sulfonamides is 1. The molecule has 0 heterocycles. The van der Waals surface area contributed by atoms with Gasteiger partial charge in [-0.1, -0.05) is 71.2 Å². The van der Waals surface area contributed by atoms with Crippen LogP contribution in [0.2, 0.25) is 0 Å². The van der Waals surface area contributed by atoms with Gasteiger partial charge in [-0.05, 0) is 84.6 Å². The second-order valence-corrected chi connectivity index (χ2v) is 14.3. The molecule has 1 fully saturated rings. The number of hydrogen-bond donors (Lipinski definition) is 1. The average Bonchev–Trinajstić information content (AvgIpc) is 3.60. The van der Waals surface area contributed by atoms with Crippen LogP contribution in [0, 0.1) is 5.82 Å². The van der Waals surface area contributed by atoms with Crippen LogP contribution in [-0.4, -0.2) is 50.9 Å². The van der Waals surface area contributed by atoms with E-state index in [1.165, 1.54) is 48.4 Å². The van der Waals surface area contributed by atoms with Gasteiger partial charge in [-0.15, -0.1) is 0 Å². The number of anilines is 1. The van der Waals surface area contributed by atoms with Crippen LogP contribution in [0.5, 0.6) is 5.75 Å². The number of benzene rings is 4. The molecule has 1 aliphatic carbocycles. The molecule has 0 unspecified atom stereocenters. The summed E-state index contributed by atoms with van der Waals surface area (Å²) in [6, 6.07) is 26.6. The van der Waals surface area contributed by atoms with Crippen molar-refractivity contribution < 1.29 is 27.1 Å². The largest absolute Gasteiger partial charge is 0.497 e. The Labute approximate surface area is 283 Å². The lowest BCUT2D eigenvalue weighted by molar-refractivity contribution is -0.140. The lowest BCUT2D eigenvalue weighted by Gasteiger charge is -2.34. The first-order valence-electron chi connectivity index (χ1n) is 15.4. The monoisotopic (exact) mass is 721 g/mol. The highest BCUT2D eigenvalue weighted by Crippen LogP contribution is 2.27. The minimum absolute atomic E-state index is 0.0107. The fourth-order valence-corrected chi connectivity index (χ4v) is 7.40. The Hall–Kier alpha value is -4.22. The van der Waals surface area contributed by atoms with E-state index in [0.717, 1.165) is 57.7 Å². The highest BCUT2D eigenvalue weighted by Gasteiger charge is 2.35. The molecule has 8 nitrogen and oxygen atoms in total. The van der Waals surface area contributed by atoms with Gasteiger partial charge in [-0.3, -0.25) is 13.9 Å². The Bertz CT molecular complexity index is 1750. The Balaban J connectivity index is 1.55. The minimum Gasteiger partial charge on any atom is -0.497 e. The number of halogens is 2. The molecule has 1 N–H and O–H groups in total. The minimum atomic E-state index is -4.32. The maximum Gasteiger partial charge on any atom is 0.264 e. The van der Waals surface area contributed by atoms with Gasteiger partial charge in [0.25, 0.3) is 10.0 Å². The van der Waals surface area contributed by atoms with Gasteiger partial charge in [-0.25, -0.2) is 12.8 Å². The maximum absolute atomic E-state index is 14.6. The SMILES string of the molecule is COc1ccc(S(=O)(=O)N(CC(=O)N(Cc2ccc(Br)cc2)[C@@H](Cc2ccccc2)C(=O)NC2CCCC2)c2ccc(F)cc2)cc1. The number of rotatable bonds is 13. The van der Waals surface area contributed by atoms with Crippen molar-refractivity contribution in [1.82, 2.24) is 10.2 Å². The van der Waals surface area contributed by atoms with Gasteiger partial charge in [0, 0.05) is 23.5 Å². The number of nitrogens with zero attached hydrogens (tertiary/aromatic N) is 2. The van der Waals surface area contributed by atoms with Crippen LogP contribution in [0.1, 0.15) is 36.8 Å². The summed E-state index contributed by atoms with van der Waals surface area (Å²) in [5.41, 5.74) is 1.72. The lowest BCUT2D eigenvalue weighted by atomic mass is 10.0. The van der Waals surface area contributed by atoms with Gasteiger partial charge in [0.2, 0.25) is 11.8 Å². The molecule has 0 aliphatic heterocycles. The molecule has 1 atom stereocenters. The Kier molecular flexibility index (Phi) is 11.3. The zero-order valence-electron chi connectivity index (χ0n) is 26.0. The van der Waals surface area contributed by atoms with E-state index in [2.05, 4.69) is 21.2 Å². The fourth-order valence-electron chi connectivity index (χ4n) is 5.72. The summed E-state index contributed by atoms with van der Waals surface area (Å²) in [4.78, 5) is 30.0. The third kappa shape index (κ3) is 8.78. The molecular formula is C36H37BrFN3O5S. The van der Waals surface area contributed by atoms with E-state index in [9.17, 15) is 22.4 Å². The number of carbonyl (C=O) groups excluding carboxylic acids is 2. The van der Waals surface area contributed by atoms with E-state index in [-0.39, 0.29) is 35.5 Å². The third-order valence-electron chi connectivity index (χ3n) is 8.28. The first-order chi connectivity index (χ1) is 22.6. The van der Waals surface area contributed by atoms with Gasteiger partial charge < -0.3 is 15.0 Å². The molecule has 5 rings (SSSR count). The van der Waals surface area contributed by atoms with Crippen molar-refractivity contribution in [1.29, 1.82) is 0 Å². The Morgan fingerprint density at radius 1 is 0.894 bits per heavy atom. The van der Waals surface area contributed by atoms with Gasteiger partial charge in [-0.2, -0.15) is 0 Å². The zero-order chi connectivity index (χ0) is 33.4. The summed E-state index contributed by atoms with van der Waals surface area (Å²) in [6.07, 6.45) is 3.99. The quantitative estimate of drug-likeness (QED) is 0.170. The molecule has 0 spiro atoms. The molecular weight excluding hydrogens is 685 g/mol. The van der Waals surface area contributed by atoms with Crippen molar-refractivity contribution in [3.8, 4) is 5.75 Å². The van der Waals surface area contributed by atoms with Gasteiger partial charge >= 0.3 is 0 Å². The predicted molar refractivity (Wildman–Crippen MR) is 183 cm³/mol. The van der Waals surface area contributed by atoms with Crippen LogP contribution in [-0.2, 0) is 32.6 Å². The van der Waals surface area contributed by atoms with Crippen LogP contribution in [0.4, 0.5) is 10.1 Å². The van der Waals surface area contributed by atoms with Gasteiger partial charge in [0.15, 0.2) is 0 Å². The summed E-state index contributed by atoms with van der Waals surface area (Å²) in [5.74, 6) is -0.967.